The average Bonchev–Trinajstić information content (AvgIpc) is 2.82. The van der Waals surface area contributed by atoms with E-state index in [0.29, 0.717) is 5.76 Å². The summed E-state index contributed by atoms with van der Waals surface area (Å²) in [4.78, 5) is 11.9. The van der Waals surface area contributed by atoms with Gasteiger partial charge in [-0.3, -0.25) is 4.79 Å². The van der Waals surface area contributed by atoms with Crippen LogP contribution in [0, 0.1) is 5.82 Å². The molecule has 0 atom stereocenters. The molecule has 0 aliphatic rings. The third-order valence-electron chi connectivity index (χ3n) is 2.33. The van der Waals surface area contributed by atoms with Gasteiger partial charge in [0.25, 0.3) is 5.91 Å². The second kappa shape index (κ2) is 5.61. The molecule has 19 heavy (non-hydrogen) atoms. The number of hydrogen-bond acceptors (Lipinski definition) is 3. The molecule has 1 heterocycles. The van der Waals surface area contributed by atoms with Crippen molar-refractivity contribution in [1.29, 1.82) is 0 Å². The first kappa shape index (κ1) is 13.9. The predicted molar refractivity (Wildman–Crippen MR) is 71.0 cm³/mol. The maximum absolute atomic E-state index is 13.0. The van der Waals surface area contributed by atoms with Crippen molar-refractivity contribution in [3.8, 4) is 0 Å². The molecule has 0 saturated heterocycles. The third kappa shape index (κ3) is 3.07. The number of anilines is 1. The van der Waals surface area contributed by atoms with Crippen LogP contribution < -0.4 is 11.1 Å². The zero-order chi connectivity index (χ0) is 14.0. The molecule has 0 saturated carbocycles. The number of nitrogens with one attached hydrogen (secondary N) is 1. The van der Waals surface area contributed by atoms with E-state index in [4.69, 9.17) is 33.4 Å². The quantitative estimate of drug-likeness (QED) is 0.912. The molecule has 100 valence electrons. The van der Waals surface area contributed by atoms with Gasteiger partial charge in [0.05, 0.1) is 22.3 Å². The van der Waals surface area contributed by atoms with Gasteiger partial charge < -0.3 is 15.5 Å². The Kier molecular flexibility index (Phi) is 4.09. The number of halogens is 3. The predicted octanol–water partition coefficient (Wildman–Crippen LogP) is 3.44. The van der Waals surface area contributed by atoms with Gasteiger partial charge in [-0.05, 0) is 24.3 Å². The summed E-state index contributed by atoms with van der Waals surface area (Å²) >= 11 is 11.6. The Balaban J connectivity index is 2.24. The van der Waals surface area contributed by atoms with Gasteiger partial charge in [0.2, 0.25) is 0 Å². The number of benzene rings is 1. The first-order valence-electron chi connectivity index (χ1n) is 5.26. The molecule has 1 aromatic carbocycles. The standard InChI is InChI=1S/C12H9Cl2FN2O2/c13-8-3-6(15)4-9(14)11(8)17-12(18)10-2-1-7(5-16)19-10/h1-4H,5,16H2,(H,17,18). The highest BCUT2D eigenvalue weighted by molar-refractivity contribution is 6.40. The molecule has 0 aliphatic heterocycles. The molecule has 2 aromatic rings. The van der Waals surface area contributed by atoms with Crippen LogP contribution in [0.15, 0.2) is 28.7 Å². The summed E-state index contributed by atoms with van der Waals surface area (Å²) in [6.45, 7) is 0.186. The summed E-state index contributed by atoms with van der Waals surface area (Å²) in [5.74, 6) is -0.593. The van der Waals surface area contributed by atoms with Gasteiger partial charge in [-0.15, -0.1) is 0 Å². The zero-order valence-electron chi connectivity index (χ0n) is 9.54. The van der Waals surface area contributed by atoms with Gasteiger partial charge in [0.15, 0.2) is 5.76 Å². The minimum absolute atomic E-state index is 0.00366. The molecule has 0 bridgehead atoms. The Morgan fingerprint density at radius 2 is 1.95 bits per heavy atom. The molecule has 0 spiro atoms. The Hall–Kier alpha value is -1.56. The number of furan rings is 1. The third-order valence-corrected chi connectivity index (χ3v) is 2.93. The minimum atomic E-state index is -0.587. The highest BCUT2D eigenvalue weighted by Crippen LogP contribution is 2.31. The SMILES string of the molecule is NCc1ccc(C(=O)Nc2c(Cl)cc(F)cc2Cl)o1. The van der Waals surface area contributed by atoms with E-state index in [1.54, 1.807) is 6.07 Å². The summed E-state index contributed by atoms with van der Waals surface area (Å²) in [6, 6.07) is 5.17. The van der Waals surface area contributed by atoms with Crippen molar-refractivity contribution < 1.29 is 13.6 Å². The molecule has 0 aliphatic carbocycles. The molecule has 1 aromatic heterocycles. The van der Waals surface area contributed by atoms with E-state index in [1.807, 2.05) is 0 Å². The van der Waals surface area contributed by atoms with Crippen LogP contribution in [-0.4, -0.2) is 5.91 Å². The van der Waals surface area contributed by atoms with Crippen LogP contribution in [0.25, 0.3) is 0 Å². The van der Waals surface area contributed by atoms with Crippen LogP contribution in [0.4, 0.5) is 10.1 Å². The van der Waals surface area contributed by atoms with Crippen LogP contribution >= 0.6 is 23.2 Å². The second-order valence-corrected chi connectivity index (χ2v) is 4.48. The maximum Gasteiger partial charge on any atom is 0.291 e. The van der Waals surface area contributed by atoms with E-state index in [9.17, 15) is 9.18 Å². The molecular formula is C12H9Cl2FN2O2. The monoisotopic (exact) mass is 302 g/mol. The van der Waals surface area contributed by atoms with E-state index >= 15 is 0 Å². The van der Waals surface area contributed by atoms with Crippen LogP contribution in [0.1, 0.15) is 16.3 Å². The molecule has 0 unspecified atom stereocenters. The van der Waals surface area contributed by atoms with E-state index in [1.165, 1.54) is 6.07 Å². The lowest BCUT2D eigenvalue weighted by Crippen LogP contribution is -2.12. The Morgan fingerprint density at radius 3 is 2.47 bits per heavy atom. The Morgan fingerprint density at radius 1 is 1.32 bits per heavy atom. The minimum Gasteiger partial charge on any atom is -0.455 e. The largest absolute Gasteiger partial charge is 0.455 e. The molecule has 4 nitrogen and oxygen atoms in total. The lowest BCUT2D eigenvalue weighted by molar-refractivity contribution is 0.0995. The molecule has 3 N–H and O–H groups in total. The van der Waals surface area contributed by atoms with E-state index in [2.05, 4.69) is 5.32 Å². The van der Waals surface area contributed by atoms with E-state index in [-0.39, 0.29) is 28.0 Å². The van der Waals surface area contributed by atoms with Crippen LogP contribution in [0.5, 0.6) is 0 Å². The second-order valence-electron chi connectivity index (χ2n) is 3.67. The van der Waals surface area contributed by atoms with Crippen molar-refractivity contribution in [2.24, 2.45) is 5.73 Å². The van der Waals surface area contributed by atoms with Gasteiger partial charge in [-0.1, -0.05) is 23.2 Å². The van der Waals surface area contributed by atoms with Gasteiger partial charge in [-0.25, -0.2) is 4.39 Å². The first-order valence-corrected chi connectivity index (χ1v) is 6.01. The number of carbonyl (C=O) groups excluding carboxylic acids is 1. The highest BCUT2D eigenvalue weighted by Gasteiger charge is 2.15. The Labute approximate surface area is 118 Å². The van der Waals surface area contributed by atoms with Gasteiger partial charge >= 0.3 is 0 Å². The van der Waals surface area contributed by atoms with Crippen LogP contribution in [-0.2, 0) is 6.54 Å². The first-order chi connectivity index (χ1) is 9.01. The molecule has 0 radical (unpaired) electrons. The molecule has 0 fully saturated rings. The molecule has 7 heteroatoms. The fourth-order valence-corrected chi connectivity index (χ4v) is 2.00. The van der Waals surface area contributed by atoms with E-state index in [0.717, 1.165) is 12.1 Å². The number of carbonyl (C=O) groups is 1. The van der Waals surface area contributed by atoms with Crippen LogP contribution in [0.3, 0.4) is 0 Å². The summed E-state index contributed by atoms with van der Waals surface area (Å²) in [7, 11) is 0. The molecule has 2 rings (SSSR count). The van der Waals surface area contributed by atoms with E-state index < -0.39 is 11.7 Å². The lowest BCUT2D eigenvalue weighted by atomic mass is 10.3. The normalized spacial score (nSPS) is 10.5. The fourth-order valence-electron chi connectivity index (χ4n) is 1.45. The molecule has 1 amide bonds. The lowest BCUT2D eigenvalue weighted by Gasteiger charge is -2.08. The number of nitrogens with two attached hydrogens (primary N) is 1. The van der Waals surface area contributed by atoms with Crippen molar-refractivity contribution in [2.45, 2.75) is 6.54 Å². The zero-order valence-corrected chi connectivity index (χ0v) is 11.1. The Bertz CT molecular complexity index is 605. The number of hydrogen-bond donors (Lipinski definition) is 2. The fraction of sp³-hybridized carbons (Fsp3) is 0.0833. The summed E-state index contributed by atoms with van der Waals surface area (Å²) in [6.07, 6.45) is 0. The number of rotatable bonds is 3. The van der Waals surface area contributed by atoms with Gasteiger partial charge in [0, 0.05) is 0 Å². The van der Waals surface area contributed by atoms with Crippen LogP contribution in [0.2, 0.25) is 10.0 Å². The van der Waals surface area contributed by atoms with Crippen molar-refractivity contribution >= 4 is 34.8 Å². The van der Waals surface area contributed by atoms with Gasteiger partial charge in [-0.2, -0.15) is 0 Å². The summed E-state index contributed by atoms with van der Waals surface area (Å²) in [5.41, 5.74) is 5.50. The molecular weight excluding hydrogens is 294 g/mol. The van der Waals surface area contributed by atoms with Crippen molar-refractivity contribution in [2.75, 3.05) is 5.32 Å². The van der Waals surface area contributed by atoms with Crippen molar-refractivity contribution in [3.05, 3.63) is 51.6 Å². The topological polar surface area (TPSA) is 68.3 Å². The van der Waals surface area contributed by atoms with Crippen molar-refractivity contribution in [1.82, 2.24) is 0 Å². The average molecular weight is 303 g/mol. The highest BCUT2D eigenvalue weighted by atomic mass is 35.5. The summed E-state index contributed by atoms with van der Waals surface area (Å²) in [5, 5.41) is 2.46. The maximum atomic E-state index is 13.0. The number of amides is 1. The summed E-state index contributed by atoms with van der Waals surface area (Å²) < 4.78 is 18.2. The van der Waals surface area contributed by atoms with Crippen molar-refractivity contribution in [3.63, 3.8) is 0 Å². The smallest absolute Gasteiger partial charge is 0.291 e. The van der Waals surface area contributed by atoms with Gasteiger partial charge in [0.1, 0.15) is 11.6 Å².